The summed E-state index contributed by atoms with van der Waals surface area (Å²) in [5.74, 6) is -0.0761. The molecule has 0 spiro atoms. The number of hydrogen-bond acceptors (Lipinski definition) is 5. The number of nitrogens with one attached hydrogen (secondary N) is 1. The van der Waals surface area contributed by atoms with E-state index in [1.54, 1.807) is 6.92 Å². The maximum Gasteiger partial charge on any atom is 0.313 e. The molecule has 1 amide bonds. The Bertz CT molecular complexity index is 620. The van der Waals surface area contributed by atoms with Gasteiger partial charge in [0.05, 0.1) is 13.2 Å². The lowest BCUT2D eigenvalue weighted by atomic mass is 9.89. The molecule has 0 aromatic carbocycles. The minimum Gasteiger partial charge on any atom is -0.438 e. The van der Waals surface area contributed by atoms with Crippen LogP contribution in [0.4, 0.5) is 0 Å². The van der Waals surface area contributed by atoms with Crippen LogP contribution < -0.4 is 4.72 Å². The average molecular weight is 344 g/mol. The number of nitrogens with zero attached hydrogens (tertiary/aromatic N) is 1. The van der Waals surface area contributed by atoms with Crippen LogP contribution in [0.2, 0.25) is 0 Å². The molecular weight excluding hydrogens is 320 g/mol. The van der Waals surface area contributed by atoms with E-state index in [0.29, 0.717) is 19.1 Å². The molecule has 1 heterocycles. The van der Waals surface area contributed by atoms with Crippen LogP contribution >= 0.6 is 0 Å². The van der Waals surface area contributed by atoms with Gasteiger partial charge in [0.2, 0.25) is 5.09 Å². The molecule has 130 valence electrons. The van der Waals surface area contributed by atoms with Crippen molar-refractivity contribution in [1.82, 2.24) is 9.79 Å². The van der Waals surface area contributed by atoms with Crippen molar-refractivity contribution in [2.24, 2.45) is 5.92 Å². The Balaban J connectivity index is 2.11. The molecule has 1 fully saturated rings. The van der Waals surface area contributed by atoms with E-state index in [-0.39, 0.29) is 10.9 Å². The summed E-state index contributed by atoms with van der Waals surface area (Å²) < 4.78 is 30.7. The van der Waals surface area contributed by atoms with E-state index < -0.39 is 15.9 Å². The lowest BCUT2D eigenvalue weighted by molar-refractivity contribution is -0.129. The van der Waals surface area contributed by atoms with Crippen LogP contribution in [-0.4, -0.2) is 39.6 Å². The number of amides is 1. The number of hydroxylamine groups is 2. The van der Waals surface area contributed by atoms with Crippen molar-refractivity contribution < 1.29 is 22.5 Å². The van der Waals surface area contributed by atoms with Crippen molar-refractivity contribution in [1.29, 1.82) is 0 Å². The average Bonchev–Trinajstić information content (AvgIpc) is 3.05. The van der Waals surface area contributed by atoms with Gasteiger partial charge in [-0.3, -0.25) is 9.63 Å². The molecule has 0 saturated heterocycles. The van der Waals surface area contributed by atoms with E-state index in [1.807, 2.05) is 0 Å². The Kier molecular flexibility index (Phi) is 6.20. The molecule has 1 N–H and O–H groups in total. The van der Waals surface area contributed by atoms with Crippen LogP contribution in [0.3, 0.4) is 0 Å². The fourth-order valence-corrected chi connectivity index (χ4v) is 3.41. The molecule has 23 heavy (non-hydrogen) atoms. The fraction of sp³-hybridized carbons (Fsp3) is 0.667. The summed E-state index contributed by atoms with van der Waals surface area (Å²) in [5.41, 5.74) is 0. The van der Waals surface area contributed by atoms with Gasteiger partial charge in [-0.05, 0) is 44.9 Å². The van der Waals surface area contributed by atoms with Crippen LogP contribution in [-0.2, 0) is 14.9 Å². The molecule has 0 bridgehead atoms. The normalized spacial score (nSPS) is 16.4. The summed E-state index contributed by atoms with van der Waals surface area (Å²) in [5, 5.41) is 1.02. The van der Waals surface area contributed by atoms with Gasteiger partial charge in [-0.2, -0.15) is 0 Å². The summed E-state index contributed by atoms with van der Waals surface area (Å²) in [6.45, 7) is 2.67. The molecule has 0 radical (unpaired) electrons. The summed E-state index contributed by atoms with van der Waals surface area (Å²) in [7, 11) is -2.42. The zero-order chi connectivity index (χ0) is 16.9. The Morgan fingerprint density at radius 2 is 2.04 bits per heavy atom. The lowest BCUT2D eigenvalue weighted by Crippen LogP contribution is -2.36. The second-order valence-electron chi connectivity index (χ2n) is 5.61. The third-order valence-electron chi connectivity index (χ3n) is 3.99. The molecule has 8 heteroatoms. The standard InChI is InChI=1S/C15H24N2O5S/c1-3-21-17(11-12-7-5-4-6-8-12)15(18)13-9-10-14(22-13)23(19,20)16-2/h9-10,12,16H,3-8,11H2,1-2H3. The van der Waals surface area contributed by atoms with E-state index >= 15 is 0 Å². The first-order valence-electron chi connectivity index (χ1n) is 7.96. The van der Waals surface area contributed by atoms with Crippen molar-refractivity contribution in [3.63, 3.8) is 0 Å². The Labute approximate surface area is 137 Å². The van der Waals surface area contributed by atoms with Crippen LogP contribution in [0.5, 0.6) is 0 Å². The number of sulfonamides is 1. The van der Waals surface area contributed by atoms with Crippen molar-refractivity contribution in [2.75, 3.05) is 20.2 Å². The van der Waals surface area contributed by atoms with Gasteiger partial charge in [0.15, 0.2) is 5.76 Å². The minimum atomic E-state index is -3.70. The smallest absolute Gasteiger partial charge is 0.313 e. The van der Waals surface area contributed by atoms with Gasteiger partial charge in [-0.1, -0.05) is 19.3 Å². The SMILES string of the molecule is CCON(CC1CCCCC1)C(=O)c1ccc(S(=O)(=O)NC)o1. The van der Waals surface area contributed by atoms with Gasteiger partial charge >= 0.3 is 5.91 Å². The number of hydrogen-bond donors (Lipinski definition) is 1. The summed E-state index contributed by atoms with van der Waals surface area (Å²) in [6, 6.07) is 2.63. The van der Waals surface area contributed by atoms with Crippen LogP contribution in [0.25, 0.3) is 0 Å². The number of carbonyl (C=O) groups excluding carboxylic acids is 1. The summed E-state index contributed by atoms with van der Waals surface area (Å²) in [4.78, 5) is 18.0. The van der Waals surface area contributed by atoms with E-state index in [0.717, 1.165) is 12.8 Å². The van der Waals surface area contributed by atoms with Crippen LogP contribution in [0.15, 0.2) is 21.6 Å². The van der Waals surface area contributed by atoms with Crippen LogP contribution in [0, 0.1) is 5.92 Å². The van der Waals surface area contributed by atoms with Crippen molar-refractivity contribution >= 4 is 15.9 Å². The molecule has 1 saturated carbocycles. The topological polar surface area (TPSA) is 88.8 Å². The summed E-state index contributed by atoms with van der Waals surface area (Å²) >= 11 is 0. The van der Waals surface area contributed by atoms with Gasteiger partial charge in [-0.15, -0.1) is 0 Å². The highest BCUT2D eigenvalue weighted by Gasteiger charge is 2.26. The van der Waals surface area contributed by atoms with Gasteiger partial charge in [0.25, 0.3) is 10.0 Å². The lowest BCUT2D eigenvalue weighted by Gasteiger charge is -2.28. The highest BCUT2D eigenvalue weighted by molar-refractivity contribution is 7.89. The maximum atomic E-state index is 12.5. The molecule has 7 nitrogen and oxygen atoms in total. The first-order chi connectivity index (χ1) is 11.0. The molecule has 1 aromatic rings. The quantitative estimate of drug-likeness (QED) is 0.766. The predicted octanol–water partition coefficient (Wildman–Crippen LogP) is 2.16. The van der Waals surface area contributed by atoms with Gasteiger partial charge in [-0.25, -0.2) is 18.2 Å². The van der Waals surface area contributed by atoms with E-state index in [2.05, 4.69) is 4.72 Å². The van der Waals surface area contributed by atoms with Crippen molar-refractivity contribution in [3.8, 4) is 0 Å². The zero-order valence-corrected chi connectivity index (χ0v) is 14.4. The highest BCUT2D eigenvalue weighted by Crippen LogP contribution is 2.25. The van der Waals surface area contributed by atoms with Crippen molar-refractivity contribution in [2.45, 2.75) is 44.1 Å². The molecule has 1 aromatic heterocycles. The maximum absolute atomic E-state index is 12.5. The second kappa shape index (κ2) is 7.94. The van der Waals surface area contributed by atoms with E-state index in [1.165, 1.54) is 43.5 Å². The Morgan fingerprint density at radius 3 is 2.65 bits per heavy atom. The van der Waals surface area contributed by atoms with Gasteiger partial charge in [0, 0.05) is 0 Å². The fourth-order valence-electron chi connectivity index (χ4n) is 2.76. The molecule has 0 atom stereocenters. The third kappa shape index (κ3) is 4.55. The summed E-state index contributed by atoms with van der Waals surface area (Å²) in [6.07, 6.45) is 5.74. The van der Waals surface area contributed by atoms with Crippen LogP contribution in [0.1, 0.15) is 49.6 Å². The first kappa shape index (κ1) is 18.0. The highest BCUT2D eigenvalue weighted by atomic mass is 32.2. The van der Waals surface area contributed by atoms with Gasteiger partial charge < -0.3 is 4.42 Å². The minimum absolute atomic E-state index is 0.0388. The third-order valence-corrected chi connectivity index (χ3v) is 5.27. The van der Waals surface area contributed by atoms with Gasteiger partial charge in [0.1, 0.15) is 0 Å². The number of rotatable bonds is 7. The first-order valence-corrected chi connectivity index (χ1v) is 9.44. The monoisotopic (exact) mass is 344 g/mol. The zero-order valence-electron chi connectivity index (χ0n) is 13.6. The molecule has 1 aliphatic rings. The van der Waals surface area contributed by atoms with E-state index in [4.69, 9.17) is 9.25 Å². The molecule has 2 rings (SSSR count). The molecular formula is C15H24N2O5S. The van der Waals surface area contributed by atoms with Crippen molar-refractivity contribution in [3.05, 3.63) is 17.9 Å². The molecule has 0 unspecified atom stereocenters. The number of furan rings is 1. The second-order valence-corrected chi connectivity index (χ2v) is 7.43. The largest absolute Gasteiger partial charge is 0.438 e. The molecule has 0 aliphatic heterocycles. The predicted molar refractivity (Wildman–Crippen MR) is 84.2 cm³/mol. The molecule has 1 aliphatic carbocycles. The Hall–Kier alpha value is -1.38. The number of carbonyl (C=O) groups is 1. The Morgan fingerprint density at radius 1 is 1.35 bits per heavy atom. The van der Waals surface area contributed by atoms with E-state index in [9.17, 15) is 13.2 Å².